The Bertz CT molecular complexity index is 480. The van der Waals surface area contributed by atoms with Gasteiger partial charge in [-0.3, -0.25) is 4.21 Å². The van der Waals surface area contributed by atoms with Crippen LogP contribution in [0.4, 0.5) is 16.2 Å². The molecule has 0 aliphatic carbocycles. The Balaban J connectivity index is 2.67. The Morgan fingerprint density at radius 1 is 1.42 bits per heavy atom. The quantitative estimate of drug-likeness (QED) is 0.873. The summed E-state index contributed by atoms with van der Waals surface area (Å²) in [5, 5.41) is 5.93. The Morgan fingerprint density at radius 2 is 2.11 bits per heavy atom. The van der Waals surface area contributed by atoms with Crippen LogP contribution < -0.4 is 15.5 Å². The minimum atomic E-state index is -0.916. The Labute approximate surface area is 120 Å². The number of carbonyl (C=O) groups excluding carboxylic acids is 1. The van der Waals surface area contributed by atoms with Gasteiger partial charge in [0.1, 0.15) is 0 Å². The Morgan fingerprint density at radius 3 is 2.68 bits per heavy atom. The van der Waals surface area contributed by atoms with Crippen molar-refractivity contribution in [3.05, 3.63) is 23.2 Å². The average molecular weight is 304 g/mol. The van der Waals surface area contributed by atoms with Gasteiger partial charge in [0.25, 0.3) is 0 Å². The molecule has 0 fully saturated rings. The van der Waals surface area contributed by atoms with E-state index in [9.17, 15) is 9.00 Å². The predicted octanol–water partition coefficient (Wildman–Crippen LogP) is 1.91. The van der Waals surface area contributed by atoms with Gasteiger partial charge in [0, 0.05) is 48.5 Å². The molecule has 2 amide bonds. The molecule has 19 heavy (non-hydrogen) atoms. The van der Waals surface area contributed by atoms with Crippen LogP contribution in [0.3, 0.4) is 0 Å². The van der Waals surface area contributed by atoms with Gasteiger partial charge in [0.05, 0.1) is 11.4 Å². The largest absolute Gasteiger partial charge is 0.376 e. The molecule has 2 N–H and O–H groups in total. The molecule has 0 bridgehead atoms. The molecule has 0 radical (unpaired) electrons. The number of rotatable bonds is 5. The molecule has 1 rings (SSSR count). The zero-order chi connectivity index (χ0) is 14.4. The lowest BCUT2D eigenvalue weighted by molar-refractivity contribution is 0.252. The number of amides is 2. The van der Waals surface area contributed by atoms with E-state index in [0.717, 1.165) is 5.69 Å². The van der Waals surface area contributed by atoms with E-state index in [0.29, 0.717) is 23.0 Å². The van der Waals surface area contributed by atoms with Crippen LogP contribution in [0.25, 0.3) is 0 Å². The number of nitrogens with one attached hydrogen (secondary N) is 2. The molecule has 0 unspecified atom stereocenters. The van der Waals surface area contributed by atoms with E-state index >= 15 is 0 Å². The Hall–Kier alpha value is -1.27. The van der Waals surface area contributed by atoms with Crippen molar-refractivity contribution in [2.45, 2.75) is 0 Å². The maximum atomic E-state index is 11.7. The van der Waals surface area contributed by atoms with E-state index in [4.69, 9.17) is 11.6 Å². The lowest BCUT2D eigenvalue weighted by Crippen LogP contribution is -2.32. The molecule has 0 aromatic heterocycles. The van der Waals surface area contributed by atoms with E-state index in [1.54, 1.807) is 18.4 Å². The number of hydrogen-bond donors (Lipinski definition) is 2. The summed E-state index contributed by atoms with van der Waals surface area (Å²) >= 11 is 5.92. The summed E-state index contributed by atoms with van der Waals surface area (Å²) in [6, 6.07) is 4.95. The van der Waals surface area contributed by atoms with E-state index in [1.165, 1.54) is 0 Å². The number of benzene rings is 1. The highest BCUT2D eigenvalue weighted by Crippen LogP contribution is 2.27. The van der Waals surface area contributed by atoms with E-state index in [-0.39, 0.29) is 6.03 Å². The molecule has 0 saturated heterocycles. The fraction of sp³-hybridized carbons (Fsp3) is 0.417. The molecular weight excluding hydrogens is 286 g/mol. The van der Waals surface area contributed by atoms with Crippen molar-refractivity contribution in [2.24, 2.45) is 0 Å². The summed E-state index contributed by atoms with van der Waals surface area (Å²) in [4.78, 5) is 13.6. The fourth-order valence-electron chi connectivity index (χ4n) is 1.47. The van der Waals surface area contributed by atoms with Crippen LogP contribution >= 0.6 is 11.6 Å². The van der Waals surface area contributed by atoms with Crippen molar-refractivity contribution in [2.75, 3.05) is 42.9 Å². The average Bonchev–Trinajstić information content (AvgIpc) is 2.27. The number of hydrogen-bond acceptors (Lipinski definition) is 3. The highest BCUT2D eigenvalue weighted by Gasteiger charge is 2.08. The molecule has 0 aliphatic heterocycles. The van der Waals surface area contributed by atoms with Crippen LogP contribution in [0.15, 0.2) is 18.2 Å². The molecule has 0 heterocycles. The van der Waals surface area contributed by atoms with Crippen LogP contribution in [0.1, 0.15) is 0 Å². The Kier molecular flexibility index (Phi) is 6.11. The monoisotopic (exact) mass is 303 g/mol. The first-order chi connectivity index (χ1) is 8.90. The highest BCUT2D eigenvalue weighted by atomic mass is 35.5. The van der Waals surface area contributed by atoms with Gasteiger partial charge in [-0.1, -0.05) is 11.6 Å². The smallest absolute Gasteiger partial charge is 0.319 e. The zero-order valence-electron chi connectivity index (χ0n) is 11.2. The van der Waals surface area contributed by atoms with Crippen LogP contribution in [0, 0.1) is 0 Å². The summed E-state index contributed by atoms with van der Waals surface area (Å²) in [5.41, 5.74) is 1.49. The van der Waals surface area contributed by atoms with E-state index in [2.05, 4.69) is 10.6 Å². The maximum absolute atomic E-state index is 11.7. The second-order valence-electron chi connectivity index (χ2n) is 4.21. The zero-order valence-corrected chi connectivity index (χ0v) is 12.8. The van der Waals surface area contributed by atoms with Crippen molar-refractivity contribution in [1.82, 2.24) is 5.32 Å². The summed E-state index contributed by atoms with van der Waals surface area (Å²) < 4.78 is 10.9. The second-order valence-corrected chi connectivity index (χ2v) is 6.21. The summed E-state index contributed by atoms with van der Waals surface area (Å²) in [7, 11) is 2.85. The van der Waals surface area contributed by atoms with Gasteiger partial charge < -0.3 is 15.5 Å². The first-order valence-electron chi connectivity index (χ1n) is 5.72. The lowest BCUT2D eigenvalue weighted by Gasteiger charge is -2.18. The number of halogens is 1. The van der Waals surface area contributed by atoms with Crippen LogP contribution in [-0.4, -0.2) is 42.9 Å². The van der Waals surface area contributed by atoms with Crippen molar-refractivity contribution in [3.63, 3.8) is 0 Å². The van der Waals surface area contributed by atoms with Gasteiger partial charge in [-0.05, 0) is 18.2 Å². The second kappa shape index (κ2) is 7.35. The molecule has 0 spiro atoms. The van der Waals surface area contributed by atoms with Crippen molar-refractivity contribution >= 4 is 39.8 Å². The molecule has 106 valence electrons. The third kappa shape index (κ3) is 5.48. The van der Waals surface area contributed by atoms with Crippen molar-refractivity contribution < 1.29 is 9.00 Å². The molecule has 0 aliphatic rings. The molecule has 1 aromatic carbocycles. The van der Waals surface area contributed by atoms with Crippen molar-refractivity contribution in [1.29, 1.82) is 0 Å². The molecule has 7 heteroatoms. The normalized spacial score (nSPS) is 11.8. The summed E-state index contributed by atoms with van der Waals surface area (Å²) in [6.07, 6.45) is 1.60. The van der Waals surface area contributed by atoms with Crippen LogP contribution in [0.2, 0.25) is 5.02 Å². The van der Waals surface area contributed by atoms with Gasteiger partial charge in [-0.15, -0.1) is 0 Å². The lowest BCUT2D eigenvalue weighted by atomic mass is 10.2. The SMILES string of the molecule is CN(C)c1ccc(Cl)cc1NC(=O)NCC[S@](C)=O. The third-order valence-electron chi connectivity index (χ3n) is 2.36. The van der Waals surface area contributed by atoms with Gasteiger partial charge >= 0.3 is 6.03 Å². The standard InChI is InChI=1S/C12H18ClN3O2S/c1-16(2)11-5-4-9(13)8-10(11)15-12(17)14-6-7-19(3)18/h4-5,8H,6-7H2,1-3H3,(H2,14,15,17)/t19-/m0/s1. The van der Waals surface area contributed by atoms with Gasteiger partial charge in [0.15, 0.2) is 0 Å². The summed E-state index contributed by atoms with van der Waals surface area (Å²) in [6.45, 7) is 0.368. The third-order valence-corrected chi connectivity index (χ3v) is 3.38. The molecule has 5 nitrogen and oxygen atoms in total. The molecule has 1 aromatic rings. The number of nitrogens with zero attached hydrogens (tertiary/aromatic N) is 1. The van der Waals surface area contributed by atoms with Crippen LogP contribution in [0.5, 0.6) is 0 Å². The highest BCUT2D eigenvalue weighted by molar-refractivity contribution is 7.84. The van der Waals surface area contributed by atoms with Gasteiger partial charge in [-0.2, -0.15) is 0 Å². The maximum Gasteiger partial charge on any atom is 0.319 e. The molecule has 1 atom stereocenters. The van der Waals surface area contributed by atoms with Gasteiger partial charge in [0.2, 0.25) is 0 Å². The number of carbonyl (C=O) groups is 1. The summed E-state index contributed by atoms with van der Waals surface area (Å²) in [5.74, 6) is 0.434. The minimum absolute atomic E-state index is 0.337. The first-order valence-corrected chi connectivity index (χ1v) is 7.82. The van der Waals surface area contributed by atoms with Crippen molar-refractivity contribution in [3.8, 4) is 0 Å². The number of anilines is 2. The van der Waals surface area contributed by atoms with Crippen LogP contribution in [-0.2, 0) is 10.8 Å². The topological polar surface area (TPSA) is 61.4 Å². The fourth-order valence-corrected chi connectivity index (χ4v) is 2.03. The number of urea groups is 1. The molecular formula is C12H18ClN3O2S. The first kappa shape index (κ1) is 15.8. The van der Waals surface area contributed by atoms with Gasteiger partial charge in [-0.25, -0.2) is 4.79 Å². The van der Waals surface area contributed by atoms with E-state index < -0.39 is 10.8 Å². The minimum Gasteiger partial charge on any atom is -0.376 e. The predicted molar refractivity (Wildman–Crippen MR) is 81.7 cm³/mol. The van der Waals surface area contributed by atoms with E-state index in [1.807, 2.05) is 25.1 Å². The molecule has 0 saturated carbocycles.